The number of piperidine rings is 1. The minimum absolute atomic E-state index is 0.0531. The molecule has 194 valence electrons. The number of carboxylic acid groups (broad SMARTS) is 1. The minimum Gasteiger partial charge on any atom is -0.497 e. The Balaban J connectivity index is 1.42. The number of rotatable bonds is 8. The second kappa shape index (κ2) is 12.1. The lowest BCUT2D eigenvalue weighted by Gasteiger charge is -2.37. The van der Waals surface area contributed by atoms with Gasteiger partial charge in [0.1, 0.15) is 17.4 Å². The summed E-state index contributed by atoms with van der Waals surface area (Å²) in [5.74, 6) is 5.11. The van der Waals surface area contributed by atoms with Gasteiger partial charge < -0.3 is 15.6 Å². The molecule has 2 heterocycles. The molecule has 4 rings (SSSR count). The SMILES string of the molecule is COc1ccc2ncc(F)c([C@H](N)CCC3CCN(CC#Cc4cccc(F)c4)CC3CC(=O)O)c2c1. The van der Waals surface area contributed by atoms with Gasteiger partial charge in [-0.3, -0.25) is 14.7 Å². The van der Waals surface area contributed by atoms with Gasteiger partial charge in [0.15, 0.2) is 0 Å². The molecule has 1 aliphatic rings. The Labute approximate surface area is 215 Å². The molecule has 0 bridgehead atoms. The monoisotopic (exact) mass is 507 g/mol. The Morgan fingerprint density at radius 2 is 2.11 bits per heavy atom. The first-order valence-electron chi connectivity index (χ1n) is 12.4. The maximum Gasteiger partial charge on any atom is 0.303 e. The average Bonchev–Trinajstić information content (AvgIpc) is 2.87. The van der Waals surface area contributed by atoms with Crippen molar-refractivity contribution < 1.29 is 23.4 Å². The van der Waals surface area contributed by atoms with Crippen LogP contribution in [-0.2, 0) is 4.79 Å². The first kappa shape index (κ1) is 26.5. The molecule has 2 unspecified atom stereocenters. The maximum absolute atomic E-state index is 14.8. The molecule has 2 aromatic carbocycles. The van der Waals surface area contributed by atoms with Crippen LogP contribution in [0.4, 0.5) is 8.78 Å². The van der Waals surface area contributed by atoms with Crippen LogP contribution in [0.2, 0.25) is 0 Å². The third-order valence-corrected chi connectivity index (χ3v) is 7.06. The molecule has 37 heavy (non-hydrogen) atoms. The average molecular weight is 508 g/mol. The number of likely N-dealkylation sites (tertiary alicyclic amines) is 1. The molecule has 0 radical (unpaired) electrons. The van der Waals surface area contributed by atoms with Gasteiger partial charge in [0.05, 0.1) is 25.4 Å². The van der Waals surface area contributed by atoms with Gasteiger partial charge in [-0.15, -0.1) is 0 Å². The highest BCUT2D eigenvalue weighted by Gasteiger charge is 2.31. The number of hydrogen-bond donors (Lipinski definition) is 2. The van der Waals surface area contributed by atoms with E-state index in [1.54, 1.807) is 37.4 Å². The highest BCUT2D eigenvalue weighted by molar-refractivity contribution is 5.84. The number of nitrogens with two attached hydrogens (primary N) is 1. The lowest BCUT2D eigenvalue weighted by Crippen LogP contribution is -2.41. The van der Waals surface area contributed by atoms with Crippen LogP contribution in [-0.4, -0.2) is 47.7 Å². The van der Waals surface area contributed by atoms with E-state index < -0.39 is 17.8 Å². The van der Waals surface area contributed by atoms with Crippen molar-refractivity contribution in [3.63, 3.8) is 0 Å². The summed E-state index contributed by atoms with van der Waals surface area (Å²) in [6.45, 7) is 1.86. The summed E-state index contributed by atoms with van der Waals surface area (Å²) >= 11 is 0. The number of fused-ring (bicyclic) bond motifs is 1. The van der Waals surface area contributed by atoms with Gasteiger partial charge in [-0.25, -0.2) is 8.78 Å². The normalized spacial score (nSPS) is 18.7. The number of hydrogen-bond acceptors (Lipinski definition) is 5. The summed E-state index contributed by atoms with van der Waals surface area (Å²) in [5, 5.41) is 10.1. The first-order valence-corrected chi connectivity index (χ1v) is 12.4. The van der Waals surface area contributed by atoms with Gasteiger partial charge >= 0.3 is 5.97 Å². The summed E-state index contributed by atoms with van der Waals surface area (Å²) in [6, 6.07) is 10.9. The van der Waals surface area contributed by atoms with Gasteiger partial charge in [-0.05, 0) is 74.0 Å². The smallest absolute Gasteiger partial charge is 0.303 e. The van der Waals surface area contributed by atoms with E-state index in [-0.39, 0.29) is 24.1 Å². The highest BCUT2D eigenvalue weighted by Crippen LogP contribution is 2.35. The Morgan fingerprint density at radius 3 is 2.86 bits per heavy atom. The van der Waals surface area contributed by atoms with Gasteiger partial charge in [0.2, 0.25) is 0 Å². The Bertz CT molecular complexity index is 1320. The standard InChI is InChI=1S/C29H31F2N3O3/c1-37-23-8-10-27-24(16-23)29(25(31)17-33-27)26(32)9-7-20-11-13-34(18-21(20)15-28(35)36)12-3-5-19-4-2-6-22(30)14-19/h2,4,6,8,10,14,16-17,20-21,26H,7,9,11-13,15,18,32H2,1H3,(H,35,36)/t20?,21?,26-/m1/s1. The molecule has 6 nitrogen and oxygen atoms in total. The molecule has 3 N–H and O–H groups in total. The Morgan fingerprint density at radius 1 is 1.27 bits per heavy atom. The molecular formula is C29H31F2N3O3. The molecule has 1 saturated heterocycles. The van der Waals surface area contributed by atoms with Crippen molar-refractivity contribution in [2.75, 3.05) is 26.7 Å². The van der Waals surface area contributed by atoms with E-state index in [1.165, 1.54) is 18.3 Å². The topological polar surface area (TPSA) is 88.7 Å². The lowest BCUT2D eigenvalue weighted by molar-refractivity contribution is -0.139. The molecule has 8 heteroatoms. The summed E-state index contributed by atoms with van der Waals surface area (Å²) < 4.78 is 33.5. The van der Waals surface area contributed by atoms with E-state index in [9.17, 15) is 18.7 Å². The molecule has 1 fully saturated rings. The number of aliphatic carboxylic acids is 1. The van der Waals surface area contributed by atoms with E-state index in [0.29, 0.717) is 53.7 Å². The summed E-state index contributed by atoms with van der Waals surface area (Å²) in [4.78, 5) is 17.9. The zero-order valence-corrected chi connectivity index (χ0v) is 20.8. The molecule has 0 saturated carbocycles. The number of ether oxygens (including phenoxy) is 1. The Hall–Kier alpha value is -3.54. The van der Waals surface area contributed by atoms with Crippen LogP contribution in [0, 0.1) is 35.3 Å². The van der Waals surface area contributed by atoms with E-state index in [4.69, 9.17) is 10.5 Å². The molecular weight excluding hydrogens is 476 g/mol. The van der Waals surface area contributed by atoms with Crippen molar-refractivity contribution in [1.29, 1.82) is 0 Å². The fourth-order valence-electron chi connectivity index (χ4n) is 5.16. The molecule has 0 spiro atoms. The van der Waals surface area contributed by atoms with E-state index >= 15 is 0 Å². The van der Waals surface area contributed by atoms with Crippen molar-refractivity contribution in [1.82, 2.24) is 9.88 Å². The number of carboxylic acids is 1. The summed E-state index contributed by atoms with van der Waals surface area (Å²) in [7, 11) is 1.55. The van der Waals surface area contributed by atoms with Crippen LogP contribution in [0.25, 0.3) is 10.9 Å². The van der Waals surface area contributed by atoms with Crippen molar-refractivity contribution >= 4 is 16.9 Å². The lowest BCUT2D eigenvalue weighted by atomic mass is 9.79. The van der Waals surface area contributed by atoms with E-state index in [0.717, 1.165) is 13.0 Å². The van der Waals surface area contributed by atoms with Gasteiger partial charge in [0.25, 0.3) is 0 Å². The van der Waals surface area contributed by atoms with Crippen molar-refractivity contribution in [2.45, 2.75) is 31.7 Å². The summed E-state index contributed by atoms with van der Waals surface area (Å²) in [6.07, 6.45) is 3.26. The third-order valence-electron chi connectivity index (χ3n) is 7.06. The van der Waals surface area contributed by atoms with Gasteiger partial charge in [-0.2, -0.15) is 0 Å². The fraction of sp³-hybridized carbons (Fsp3) is 0.379. The molecule has 0 amide bonds. The predicted octanol–water partition coefficient (Wildman–Crippen LogP) is 4.77. The minimum atomic E-state index is -0.842. The van der Waals surface area contributed by atoms with Crippen molar-refractivity contribution in [3.05, 3.63) is 71.4 Å². The zero-order valence-electron chi connectivity index (χ0n) is 20.8. The largest absolute Gasteiger partial charge is 0.497 e. The summed E-state index contributed by atoms with van der Waals surface area (Å²) in [5.41, 5.74) is 8.16. The number of methoxy groups -OCH3 is 1. The fourth-order valence-corrected chi connectivity index (χ4v) is 5.16. The number of aromatic nitrogens is 1. The molecule has 3 atom stereocenters. The predicted molar refractivity (Wildman–Crippen MR) is 138 cm³/mol. The van der Waals surface area contributed by atoms with Crippen LogP contribution in [0.15, 0.2) is 48.7 Å². The number of nitrogens with zero attached hydrogens (tertiary/aromatic N) is 2. The van der Waals surface area contributed by atoms with Crippen molar-refractivity contribution in [2.24, 2.45) is 17.6 Å². The second-order valence-corrected chi connectivity index (χ2v) is 9.54. The third kappa shape index (κ3) is 6.82. The zero-order chi connectivity index (χ0) is 26.4. The van der Waals surface area contributed by atoms with Crippen LogP contribution >= 0.6 is 0 Å². The molecule has 1 aromatic heterocycles. The van der Waals surface area contributed by atoms with Crippen molar-refractivity contribution in [3.8, 4) is 17.6 Å². The van der Waals surface area contributed by atoms with Gasteiger partial charge in [0, 0.05) is 35.5 Å². The molecule has 1 aliphatic heterocycles. The second-order valence-electron chi connectivity index (χ2n) is 9.54. The number of carbonyl (C=O) groups is 1. The van der Waals surface area contributed by atoms with E-state index in [2.05, 4.69) is 21.7 Å². The van der Waals surface area contributed by atoms with Crippen LogP contribution in [0.5, 0.6) is 5.75 Å². The first-order chi connectivity index (χ1) is 17.8. The molecule has 3 aromatic rings. The van der Waals surface area contributed by atoms with Crippen LogP contribution in [0.3, 0.4) is 0 Å². The highest BCUT2D eigenvalue weighted by atomic mass is 19.1. The van der Waals surface area contributed by atoms with Crippen LogP contribution < -0.4 is 10.5 Å². The van der Waals surface area contributed by atoms with E-state index in [1.807, 2.05) is 0 Å². The number of pyridine rings is 1. The number of benzene rings is 2. The Kier molecular flexibility index (Phi) is 8.70. The van der Waals surface area contributed by atoms with Gasteiger partial charge in [-0.1, -0.05) is 17.9 Å². The quantitative estimate of drug-likeness (QED) is 0.427. The number of halogens is 2. The molecule has 0 aliphatic carbocycles. The van der Waals surface area contributed by atoms with Crippen LogP contribution in [0.1, 0.15) is 42.9 Å². The maximum atomic E-state index is 14.8.